The number of nitrogen functional groups attached to an aromatic ring is 1. The molecule has 0 spiro atoms. The first kappa shape index (κ1) is 11.6. The Morgan fingerprint density at radius 3 is 3.10 bits per heavy atom. The molecule has 1 aromatic carbocycles. The maximum atomic E-state index is 5.77. The van der Waals surface area contributed by atoms with Crippen molar-refractivity contribution in [1.29, 1.82) is 0 Å². The third kappa shape index (κ3) is 1.96. The van der Waals surface area contributed by atoms with E-state index >= 15 is 0 Å². The van der Waals surface area contributed by atoms with Gasteiger partial charge in [-0.05, 0) is 52.5 Å². The molecule has 0 amide bonds. The maximum Gasteiger partial charge on any atom is 0.200 e. The third-order valence-corrected chi connectivity index (χ3v) is 4.64. The third-order valence-electron chi connectivity index (χ3n) is 2.63. The fourth-order valence-corrected chi connectivity index (χ4v) is 3.76. The molecular formula is C11H7N7S2. The fraction of sp³-hybridized carbons (Fsp3) is 0. The van der Waals surface area contributed by atoms with Gasteiger partial charge in [0.2, 0.25) is 0 Å². The summed E-state index contributed by atoms with van der Waals surface area (Å²) in [5.74, 6) is 0. The Kier molecular flexibility index (Phi) is 2.54. The topological polar surface area (TPSA) is 94.9 Å². The van der Waals surface area contributed by atoms with Gasteiger partial charge in [-0.1, -0.05) is 0 Å². The van der Waals surface area contributed by atoms with E-state index in [0.717, 1.165) is 25.3 Å². The summed E-state index contributed by atoms with van der Waals surface area (Å²) >= 11 is 3.06. The van der Waals surface area contributed by atoms with Crippen LogP contribution in [0.1, 0.15) is 0 Å². The summed E-state index contributed by atoms with van der Waals surface area (Å²) in [6.07, 6.45) is 0. The van der Waals surface area contributed by atoms with Crippen LogP contribution < -0.4 is 5.73 Å². The molecule has 0 aliphatic rings. The zero-order valence-corrected chi connectivity index (χ0v) is 11.6. The highest BCUT2D eigenvalue weighted by Crippen LogP contribution is 2.34. The number of fused-ring (bicyclic) bond motifs is 2. The van der Waals surface area contributed by atoms with Crippen molar-refractivity contribution in [3.05, 3.63) is 30.3 Å². The first-order valence-corrected chi connectivity index (χ1v) is 7.30. The molecule has 0 atom stereocenters. The zero-order chi connectivity index (χ0) is 13.5. The second kappa shape index (κ2) is 4.39. The highest BCUT2D eigenvalue weighted by atomic mass is 32.2. The van der Waals surface area contributed by atoms with Crippen LogP contribution in [0.3, 0.4) is 0 Å². The van der Waals surface area contributed by atoms with E-state index in [1.54, 1.807) is 11.3 Å². The number of nitrogens with zero attached hydrogens (tertiary/aromatic N) is 6. The van der Waals surface area contributed by atoms with E-state index in [1.807, 2.05) is 30.3 Å². The van der Waals surface area contributed by atoms with Gasteiger partial charge in [0, 0.05) is 5.69 Å². The Morgan fingerprint density at radius 1 is 1.20 bits per heavy atom. The second-order valence-electron chi connectivity index (χ2n) is 4.01. The molecule has 2 N–H and O–H groups in total. The van der Waals surface area contributed by atoms with Crippen LogP contribution >= 0.6 is 23.1 Å². The molecular weight excluding hydrogens is 294 g/mol. The number of nitrogens with two attached hydrogens (primary N) is 1. The molecule has 0 aliphatic carbocycles. The Balaban J connectivity index is 1.72. The molecule has 4 aromatic rings. The van der Waals surface area contributed by atoms with Crippen molar-refractivity contribution in [1.82, 2.24) is 30.2 Å². The maximum absolute atomic E-state index is 5.77. The van der Waals surface area contributed by atoms with Gasteiger partial charge >= 0.3 is 0 Å². The summed E-state index contributed by atoms with van der Waals surface area (Å²) in [6.45, 7) is 0. The molecule has 0 fully saturated rings. The van der Waals surface area contributed by atoms with Crippen molar-refractivity contribution >= 4 is 44.6 Å². The van der Waals surface area contributed by atoms with Crippen LogP contribution in [-0.4, -0.2) is 30.2 Å². The summed E-state index contributed by atoms with van der Waals surface area (Å²) in [5.41, 5.74) is 8.07. The fourth-order valence-electron chi connectivity index (χ4n) is 1.74. The van der Waals surface area contributed by atoms with E-state index in [1.165, 1.54) is 16.4 Å². The van der Waals surface area contributed by atoms with Gasteiger partial charge < -0.3 is 5.73 Å². The van der Waals surface area contributed by atoms with Gasteiger partial charge in [0.1, 0.15) is 5.03 Å². The number of benzene rings is 1. The Labute approximate surface area is 120 Å². The Morgan fingerprint density at radius 2 is 2.15 bits per heavy atom. The van der Waals surface area contributed by atoms with Crippen LogP contribution in [0.5, 0.6) is 0 Å². The number of hydrogen-bond donors (Lipinski definition) is 1. The summed E-state index contributed by atoms with van der Waals surface area (Å²) in [5, 5.41) is 16.2. The summed E-state index contributed by atoms with van der Waals surface area (Å²) in [7, 11) is 0. The van der Waals surface area contributed by atoms with E-state index in [-0.39, 0.29) is 0 Å². The minimum Gasteiger partial charge on any atom is -0.399 e. The lowest BCUT2D eigenvalue weighted by atomic mass is 10.3. The van der Waals surface area contributed by atoms with Crippen molar-refractivity contribution in [2.45, 2.75) is 9.37 Å². The van der Waals surface area contributed by atoms with Crippen LogP contribution in [-0.2, 0) is 0 Å². The van der Waals surface area contributed by atoms with Crippen molar-refractivity contribution in [3.8, 4) is 0 Å². The van der Waals surface area contributed by atoms with E-state index in [9.17, 15) is 0 Å². The average molecular weight is 301 g/mol. The number of rotatable bonds is 2. The first-order valence-electron chi connectivity index (χ1n) is 5.67. The zero-order valence-electron chi connectivity index (χ0n) is 9.96. The number of thiazole rings is 1. The van der Waals surface area contributed by atoms with Gasteiger partial charge in [-0.2, -0.15) is 0 Å². The number of aromatic nitrogens is 6. The highest BCUT2D eigenvalue weighted by molar-refractivity contribution is 8.01. The Hall–Kier alpha value is -2.26. The standard InChI is InChI=1S/C11H7N7S2/c12-6-1-2-7-8(5-6)19-11(13-7)20-10-4-3-9-14-16-17-18(9)15-10/h1-5H,12H2. The van der Waals surface area contributed by atoms with Crippen LogP contribution in [0.25, 0.3) is 15.9 Å². The lowest BCUT2D eigenvalue weighted by molar-refractivity contribution is 0.702. The molecule has 0 aliphatic heterocycles. The molecule has 0 radical (unpaired) electrons. The molecule has 3 aromatic heterocycles. The largest absolute Gasteiger partial charge is 0.399 e. The number of hydrogen-bond acceptors (Lipinski definition) is 8. The highest BCUT2D eigenvalue weighted by Gasteiger charge is 2.08. The molecule has 9 heteroatoms. The molecule has 0 unspecified atom stereocenters. The van der Waals surface area contributed by atoms with Crippen LogP contribution in [0.4, 0.5) is 5.69 Å². The molecule has 3 heterocycles. The van der Waals surface area contributed by atoms with Gasteiger partial charge in [0.05, 0.1) is 10.2 Å². The molecule has 0 saturated carbocycles. The van der Waals surface area contributed by atoms with Crippen molar-refractivity contribution in [3.63, 3.8) is 0 Å². The monoisotopic (exact) mass is 301 g/mol. The van der Waals surface area contributed by atoms with Crippen LogP contribution in [0.2, 0.25) is 0 Å². The predicted molar refractivity (Wildman–Crippen MR) is 76.7 cm³/mol. The van der Waals surface area contributed by atoms with E-state index in [2.05, 4.69) is 25.6 Å². The van der Waals surface area contributed by atoms with Crippen molar-refractivity contribution in [2.75, 3.05) is 5.73 Å². The van der Waals surface area contributed by atoms with Gasteiger partial charge in [-0.3, -0.25) is 0 Å². The van der Waals surface area contributed by atoms with Crippen molar-refractivity contribution < 1.29 is 0 Å². The van der Waals surface area contributed by atoms with Gasteiger partial charge in [-0.25, -0.2) is 4.98 Å². The van der Waals surface area contributed by atoms with E-state index in [4.69, 9.17) is 5.73 Å². The second-order valence-corrected chi connectivity index (χ2v) is 6.31. The lowest BCUT2D eigenvalue weighted by Crippen LogP contribution is -1.94. The minimum atomic E-state index is 0.617. The number of tetrazole rings is 1. The molecule has 4 rings (SSSR count). The average Bonchev–Trinajstić information content (AvgIpc) is 3.03. The summed E-state index contributed by atoms with van der Waals surface area (Å²) in [6, 6.07) is 9.39. The molecule has 0 bridgehead atoms. The van der Waals surface area contributed by atoms with Crippen molar-refractivity contribution in [2.24, 2.45) is 0 Å². The first-order chi connectivity index (χ1) is 9.78. The molecule has 0 saturated heterocycles. The minimum absolute atomic E-state index is 0.617. The number of anilines is 1. The predicted octanol–water partition coefficient (Wildman–Crippen LogP) is 1.86. The van der Waals surface area contributed by atoms with Crippen LogP contribution in [0, 0.1) is 0 Å². The van der Waals surface area contributed by atoms with E-state index < -0.39 is 0 Å². The quantitative estimate of drug-likeness (QED) is 0.565. The van der Waals surface area contributed by atoms with Crippen LogP contribution in [0.15, 0.2) is 39.7 Å². The van der Waals surface area contributed by atoms with Gasteiger partial charge in [0.15, 0.2) is 9.99 Å². The molecule has 98 valence electrons. The Bertz CT molecular complexity index is 913. The normalized spacial score (nSPS) is 11.4. The van der Waals surface area contributed by atoms with Gasteiger partial charge in [0.25, 0.3) is 0 Å². The summed E-state index contributed by atoms with van der Waals surface area (Å²) in [4.78, 5) is 4.54. The van der Waals surface area contributed by atoms with E-state index in [0.29, 0.717) is 5.65 Å². The smallest absolute Gasteiger partial charge is 0.200 e. The lowest BCUT2D eigenvalue weighted by Gasteiger charge is -1.95. The molecule has 20 heavy (non-hydrogen) atoms. The summed E-state index contributed by atoms with van der Waals surface area (Å²) < 4.78 is 3.37. The SMILES string of the molecule is Nc1ccc2nc(Sc3ccc4nnnn4n3)sc2c1. The van der Waals surface area contributed by atoms with Gasteiger partial charge in [-0.15, -0.1) is 26.2 Å². The molecule has 7 nitrogen and oxygen atoms in total.